The van der Waals surface area contributed by atoms with E-state index in [-0.39, 0.29) is 24.4 Å². The van der Waals surface area contributed by atoms with Crippen molar-refractivity contribution in [2.24, 2.45) is 0 Å². The van der Waals surface area contributed by atoms with Crippen molar-refractivity contribution in [3.05, 3.63) is 107 Å². The van der Waals surface area contributed by atoms with Crippen molar-refractivity contribution in [3.63, 3.8) is 0 Å². The Bertz CT molecular complexity index is 1020. The number of nitrogens with zero attached hydrogens (tertiary/aromatic N) is 1. The van der Waals surface area contributed by atoms with E-state index in [0.717, 1.165) is 11.1 Å². The van der Waals surface area contributed by atoms with Gasteiger partial charge in [0.2, 0.25) is 0 Å². The number of hydrogen-bond donors (Lipinski definition) is 2. The number of benzene rings is 3. The van der Waals surface area contributed by atoms with Crippen LogP contribution in [0.25, 0.3) is 0 Å². The summed E-state index contributed by atoms with van der Waals surface area (Å²) in [6.45, 7) is 1.83. The van der Waals surface area contributed by atoms with Crippen LogP contribution in [0.3, 0.4) is 0 Å². The number of ether oxygens (including phenoxy) is 1. The molecule has 0 bridgehead atoms. The molecule has 2 N–H and O–H groups in total. The summed E-state index contributed by atoms with van der Waals surface area (Å²) in [6, 6.07) is 23.0. The number of rotatable bonds is 9. The molecule has 3 aromatic rings. The lowest BCUT2D eigenvalue weighted by Gasteiger charge is -2.13. The van der Waals surface area contributed by atoms with Crippen LogP contribution in [0.4, 0.5) is 0 Å². The first-order chi connectivity index (χ1) is 14.9. The van der Waals surface area contributed by atoms with Crippen LogP contribution >= 0.6 is 0 Å². The van der Waals surface area contributed by atoms with Crippen LogP contribution in [-0.4, -0.2) is 27.6 Å². The summed E-state index contributed by atoms with van der Waals surface area (Å²) in [4.78, 5) is 29.7. The smallest absolute Gasteiger partial charge is 0.313 e. The maximum atomic E-state index is 12.7. The second kappa shape index (κ2) is 10.6. The Balaban J connectivity index is 1.59. The minimum absolute atomic E-state index is 0.0118. The molecule has 0 aromatic heterocycles. The zero-order valence-electron chi connectivity index (χ0n) is 17.0. The van der Waals surface area contributed by atoms with Gasteiger partial charge < -0.3 is 4.74 Å². The molecule has 0 heterocycles. The lowest BCUT2D eigenvalue weighted by Crippen LogP contribution is -2.14. The second-order valence-corrected chi connectivity index (χ2v) is 6.99. The van der Waals surface area contributed by atoms with Gasteiger partial charge in [0.25, 0.3) is 0 Å². The van der Waals surface area contributed by atoms with Gasteiger partial charge in [-0.25, -0.2) is 4.84 Å². The summed E-state index contributed by atoms with van der Waals surface area (Å²) in [6.07, 6.45) is 0. The monoisotopic (exact) mass is 421 g/mol. The minimum atomic E-state index is -0.531. The fourth-order valence-corrected chi connectivity index (χ4v) is 2.98. The predicted octanol–water partition coefficient (Wildman–Crippen LogP) is 4.28. The quantitative estimate of drug-likeness (QED) is 0.302. The van der Waals surface area contributed by atoms with Gasteiger partial charge in [-0.3, -0.25) is 20.0 Å². The van der Waals surface area contributed by atoms with Crippen LogP contribution in [0.15, 0.2) is 78.9 Å². The van der Waals surface area contributed by atoms with Crippen molar-refractivity contribution in [1.29, 1.82) is 0 Å². The van der Waals surface area contributed by atoms with Gasteiger partial charge in [0.05, 0.1) is 17.9 Å². The van der Waals surface area contributed by atoms with Gasteiger partial charge in [-0.1, -0.05) is 72.8 Å². The zero-order valence-corrected chi connectivity index (χ0v) is 17.0. The largest absolute Gasteiger partial charge is 0.460 e. The standard InChI is InChI=1S/C24H23NO6/c1-17(21-8-5-9-22(14-21)23(26)20-6-3-2-4-7-20)24(27)30-15-18-10-12-19(13-11-18)16-31-25(28)29/h2-14,17,28-29H,15-16H2,1H3. The molecule has 0 saturated heterocycles. The average molecular weight is 421 g/mol. The number of carbonyl (C=O) groups excluding carboxylic acids is 2. The van der Waals surface area contributed by atoms with Gasteiger partial charge in [0, 0.05) is 11.1 Å². The Kier molecular flexibility index (Phi) is 7.64. The van der Waals surface area contributed by atoms with Gasteiger partial charge in [-0.15, -0.1) is 0 Å². The van der Waals surface area contributed by atoms with Crippen molar-refractivity contribution < 1.29 is 29.6 Å². The van der Waals surface area contributed by atoms with Crippen molar-refractivity contribution in [3.8, 4) is 0 Å². The van der Waals surface area contributed by atoms with Crippen LogP contribution in [0.2, 0.25) is 0 Å². The van der Waals surface area contributed by atoms with E-state index in [1.54, 1.807) is 67.6 Å². The highest BCUT2D eigenvalue weighted by atomic mass is 17.1. The van der Waals surface area contributed by atoms with Crippen LogP contribution in [0, 0.1) is 0 Å². The molecule has 1 unspecified atom stereocenters. The molecule has 7 heteroatoms. The number of esters is 1. The van der Waals surface area contributed by atoms with E-state index in [4.69, 9.17) is 15.2 Å². The summed E-state index contributed by atoms with van der Waals surface area (Å²) < 4.78 is 5.42. The average Bonchev–Trinajstić information content (AvgIpc) is 2.81. The molecular weight excluding hydrogens is 398 g/mol. The molecule has 3 rings (SSSR count). The van der Waals surface area contributed by atoms with Crippen molar-refractivity contribution in [2.45, 2.75) is 26.1 Å². The molecule has 0 fully saturated rings. The van der Waals surface area contributed by atoms with Gasteiger partial charge in [-0.2, -0.15) is 0 Å². The van der Waals surface area contributed by atoms with E-state index in [1.807, 2.05) is 18.2 Å². The Morgan fingerprint density at radius 1 is 0.839 bits per heavy atom. The molecule has 7 nitrogen and oxygen atoms in total. The number of carbonyl (C=O) groups is 2. The molecule has 0 spiro atoms. The SMILES string of the molecule is CC(C(=O)OCc1ccc(CON(O)O)cc1)c1cccc(C(=O)c2ccccc2)c1. The molecule has 160 valence electrons. The first-order valence-corrected chi connectivity index (χ1v) is 9.69. The second-order valence-electron chi connectivity index (χ2n) is 6.99. The van der Waals surface area contributed by atoms with Gasteiger partial charge >= 0.3 is 5.97 Å². The Morgan fingerprint density at radius 3 is 2.10 bits per heavy atom. The third kappa shape index (κ3) is 6.31. The van der Waals surface area contributed by atoms with Gasteiger partial charge in [-0.05, 0) is 29.7 Å². The summed E-state index contributed by atoms with van der Waals surface area (Å²) >= 11 is 0. The first-order valence-electron chi connectivity index (χ1n) is 9.69. The van der Waals surface area contributed by atoms with Gasteiger partial charge in [0.1, 0.15) is 6.61 Å². The third-order valence-electron chi connectivity index (χ3n) is 4.79. The van der Waals surface area contributed by atoms with E-state index in [0.29, 0.717) is 16.7 Å². The summed E-state index contributed by atoms with van der Waals surface area (Å²) in [5.41, 5.74) is 3.32. The maximum Gasteiger partial charge on any atom is 0.313 e. The molecule has 0 amide bonds. The lowest BCUT2D eigenvalue weighted by atomic mass is 9.96. The van der Waals surface area contributed by atoms with Crippen LogP contribution in [-0.2, 0) is 27.6 Å². The molecular formula is C24H23NO6. The highest BCUT2D eigenvalue weighted by molar-refractivity contribution is 6.09. The molecule has 0 aliphatic rings. The Hall–Kier alpha value is -3.36. The molecule has 31 heavy (non-hydrogen) atoms. The molecule has 0 aliphatic carbocycles. The first kappa shape index (κ1) is 22.3. The maximum absolute atomic E-state index is 12.7. The van der Waals surface area contributed by atoms with Crippen molar-refractivity contribution >= 4 is 11.8 Å². The molecule has 0 aliphatic heterocycles. The van der Waals surface area contributed by atoms with Crippen molar-refractivity contribution in [1.82, 2.24) is 5.39 Å². The van der Waals surface area contributed by atoms with E-state index in [9.17, 15) is 9.59 Å². The summed E-state index contributed by atoms with van der Waals surface area (Å²) in [5, 5.41) is 16.8. The third-order valence-corrected chi connectivity index (χ3v) is 4.79. The molecule has 3 aromatic carbocycles. The van der Waals surface area contributed by atoms with Crippen molar-refractivity contribution in [2.75, 3.05) is 0 Å². The molecule has 0 radical (unpaired) electrons. The van der Waals surface area contributed by atoms with E-state index in [1.165, 1.54) is 0 Å². The van der Waals surface area contributed by atoms with Crippen LogP contribution in [0.5, 0.6) is 0 Å². The van der Waals surface area contributed by atoms with E-state index < -0.39 is 11.9 Å². The number of hydrogen-bond acceptors (Lipinski definition) is 7. The van der Waals surface area contributed by atoms with Crippen LogP contribution in [0.1, 0.15) is 45.5 Å². The highest BCUT2D eigenvalue weighted by Gasteiger charge is 2.19. The lowest BCUT2D eigenvalue weighted by molar-refractivity contribution is -0.497. The van der Waals surface area contributed by atoms with E-state index in [2.05, 4.69) is 4.84 Å². The summed E-state index contributed by atoms with van der Waals surface area (Å²) in [5.74, 6) is -1.03. The molecule has 1 atom stereocenters. The Labute approximate surface area is 179 Å². The fraction of sp³-hybridized carbons (Fsp3) is 0.167. The van der Waals surface area contributed by atoms with E-state index >= 15 is 0 Å². The normalized spacial score (nSPS) is 11.9. The predicted molar refractivity (Wildman–Crippen MR) is 111 cm³/mol. The number of ketones is 1. The zero-order chi connectivity index (χ0) is 22.2. The highest BCUT2D eigenvalue weighted by Crippen LogP contribution is 2.21. The Morgan fingerprint density at radius 2 is 1.45 bits per heavy atom. The molecule has 0 saturated carbocycles. The minimum Gasteiger partial charge on any atom is -0.460 e. The topological polar surface area (TPSA) is 96.3 Å². The summed E-state index contributed by atoms with van der Waals surface area (Å²) in [7, 11) is 0. The van der Waals surface area contributed by atoms with Crippen LogP contribution < -0.4 is 0 Å². The van der Waals surface area contributed by atoms with Gasteiger partial charge in [0.15, 0.2) is 5.78 Å². The fourth-order valence-electron chi connectivity index (χ4n) is 2.98.